The molecule has 6 nitrogen and oxygen atoms in total. The van der Waals surface area contributed by atoms with Crippen molar-refractivity contribution >= 4 is 5.96 Å². The lowest BCUT2D eigenvalue weighted by Crippen LogP contribution is -2.40. The third-order valence-electron chi connectivity index (χ3n) is 3.08. The van der Waals surface area contributed by atoms with Gasteiger partial charge in [-0.2, -0.15) is 0 Å². The first-order valence-corrected chi connectivity index (χ1v) is 6.59. The van der Waals surface area contributed by atoms with Gasteiger partial charge in [-0.05, 0) is 24.1 Å². The van der Waals surface area contributed by atoms with E-state index in [0.29, 0.717) is 23.8 Å². The first-order chi connectivity index (χ1) is 9.78. The topological polar surface area (TPSA) is 64.1 Å². The fourth-order valence-electron chi connectivity index (χ4n) is 2.07. The molecule has 1 aromatic carbocycles. The summed E-state index contributed by atoms with van der Waals surface area (Å²) in [6.07, 6.45) is 1.08. The summed E-state index contributed by atoms with van der Waals surface area (Å²) in [5.41, 5.74) is 1.04. The van der Waals surface area contributed by atoms with Crippen molar-refractivity contribution in [2.45, 2.75) is 13.0 Å². The van der Waals surface area contributed by atoms with Crippen LogP contribution >= 0.6 is 0 Å². The Bertz CT molecular complexity index is 464. The zero-order valence-corrected chi connectivity index (χ0v) is 12.2. The molecule has 20 heavy (non-hydrogen) atoms. The molecule has 0 unspecified atom stereocenters. The van der Waals surface area contributed by atoms with Gasteiger partial charge in [0.25, 0.3) is 0 Å². The maximum atomic E-state index is 5.33. The molecule has 0 spiro atoms. The van der Waals surface area contributed by atoms with E-state index in [4.69, 9.17) is 14.2 Å². The molecule has 0 bridgehead atoms. The summed E-state index contributed by atoms with van der Waals surface area (Å²) < 4.78 is 16.0. The normalized spacial score (nSPS) is 14.1. The number of rotatable bonds is 5. The molecule has 2 N–H and O–H groups in total. The minimum Gasteiger partial charge on any atom is -0.493 e. The van der Waals surface area contributed by atoms with Crippen LogP contribution in [0.5, 0.6) is 17.2 Å². The minimum atomic E-state index is 0.604. The summed E-state index contributed by atoms with van der Waals surface area (Å²) in [6.45, 7) is 2.47. The molecule has 0 fully saturated rings. The summed E-state index contributed by atoms with van der Waals surface area (Å²) >= 11 is 0. The third kappa shape index (κ3) is 3.26. The molecule has 0 aromatic heterocycles. The van der Waals surface area contributed by atoms with Crippen LogP contribution in [0.15, 0.2) is 17.1 Å². The van der Waals surface area contributed by atoms with E-state index in [0.717, 1.165) is 31.0 Å². The van der Waals surface area contributed by atoms with Crippen LogP contribution in [-0.2, 0) is 6.54 Å². The van der Waals surface area contributed by atoms with Crippen molar-refractivity contribution in [2.24, 2.45) is 4.99 Å². The summed E-state index contributed by atoms with van der Waals surface area (Å²) in [6, 6.07) is 3.86. The summed E-state index contributed by atoms with van der Waals surface area (Å²) in [4.78, 5) is 4.37. The molecule has 1 aliphatic rings. The Kier molecular flexibility index (Phi) is 4.92. The van der Waals surface area contributed by atoms with Gasteiger partial charge in [-0.3, -0.25) is 4.99 Å². The zero-order valence-electron chi connectivity index (χ0n) is 12.2. The predicted molar refractivity (Wildman–Crippen MR) is 77.9 cm³/mol. The minimum absolute atomic E-state index is 0.604. The van der Waals surface area contributed by atoms with Crippen LogP contribution in [0, 0.1) is 0 Å². The van der Waals surface area contributed by atoms with Gasteiger partial charge >= 0.3 is 0 Å². The van der Waals surface area contributed by atoms with Crippen LogP contribution in [0.2, 0.25) is 0 Å². The van der Waals surface area contributed by atoms with Gasteiger partial charge in [0.1, 0.15) is 0 Å². The van der Waals surface area contributed by atoms with E-state index >= 15 is 0 Å². The largest absolute Gasteiger partial charge is 0.493 e. The third-order valence-corrected chi connectivity index (χ3v) is 3.08. The van der Waals surface area contributed by atoms with E-state index in [1.54, 1.807) is 21.3 Å². The first kappa shape index (κ1) is 14.3. The van der Waals surface area contributed by atoms with Crippen molar-refractivity contribution < 1.29 is 14.2 Å². The molecule has 2 rings (SSSR count). The Morgan fingerprint density at radius 3 is 2.35 bits per heavy atom. The van der Waals surface area contributed by atoms with Crippen LogP contribution in [0.3, 0.4) is 0 Å². The zero-order chi connectivity index (χ0) is 14.4. The van der Waals surface area contributed by atoms with Gasteiger partial charge in [0.15, 0.2) is 17.5 Å². The molecule has 1 aliphatic heterocycles. The lowest BCUT2D eigenvalue weighted by Gasteiger charge is -2.17. The smallest absolute Gasteiger partial charge is 0.203 e. The second-order valence-electron chi connectivity index (χ2n) is 4.40. The lowest BCUT2D eigenvalue weighted by molar-refractivity contribution is 0.323. The highest BCUT2D eigenvalue weighted by molar-refractivity contribution is 5.80. The molecule has 110 valence electrons. The van der Waals surface area contributed by atoms with Crippen molar-refractivity contribution in [1.82, 2.24) is 10.6 Å². The van der Waals surface area contributed by atoms with Gasteiger partial charge < -0.3 is 24.8 Å². The monoisotopic (exact) mass is 279 g/mol. The number of nitrogens with zero attached hydrogens (tertiary/aromatic N) is 1. The van der Waals surface area contributed by atoms with E-state index < -0.39 is 0 Å². The van der Waals surface area contributed by atoms with Gasteiger partial charge in [0.2, 0.25) is 5.75 Å². The molecule has 1 aromatic rings. The first-order valence-electron chi connectivity index (χ1n) is 6.59. The predicted octanol–water partition coefficient (Wildman–Crippen LogP) is 1.15. The van der Waals surface area contributed by atoms with Crippen molar-refractivity contribution in [3.63, 3.8) is 0 Å². The number of guanidine groups is 1. The molecular formula is C14H21N3O3. The molecule has 0 radical (unpaired) electrons. The SMILES string of the molecule is COc1cc(CNC2=NCCCN2)cc(OC)c1OC. The number of hydrogen-bond donors (Lipinski definition) is 2. The molecule has 6 heteroatoms. The van der Waals surface area contributed by atoms with Crippen LogP contribution in [0.4, 0.5) is 0 Å². The number of ether oxygens (including phenoxy) is 3. The average Bonchev–Trinajstić information content (AvgIpc) is 2.52. The van der Waals surface area contributed by atoms with Gasteiger partial charge in [-0.25, -0.2) is 0 Å². The van der Waals surface area contributed by atoms with Crippen LogP contribution in [0.25, 0.3) is 0 Å². The molecule has 0 saturated carbocycles. The van der Waals surface area contributed by atoms with Gasteiger partial charge in [0.05, 0.1) is 21.3 Å². The highest BCUT2D eigenvalue weighted by Crippen LogP contribution is 2.38. The van der Waals surface area contributed by atoms with E-state index in [1.807, 2.05) is 12.1 Å². The number of nitrogens with one attached hydrogen (secondary N) is 2. The van der Waals surface area contributed by atoms with Gasteiger partial charge in [0, 0.05) is 19.6 Å². The van der Waals surface area contributed by atoms with Crippen molar-refractivity contribution in [3.8, 4) is 17.2 Å². The second-order valence-corrected chi connectivity index (χ2v) is 4.40. The van der Waals surface area contributed by atoms with Crippen molar-refractivity contribution in [1.29, 1.82) is 0 Å². The van der Waals surface area contributed by atoms with Crippen molar-refractivity contribution in [2.75, 3.05) is 34.4 Å². The summed E-state index contributed by atoms with van der Waals surface area (Å²) in [7, 11) is 4.82. The van der Waals surface area contributed by atoms with Gasteiger partial charge in [-0.1, -0.05) is 0 Å². The fraction of sp³-hybridized carbons (Fsp3) is 0.500. The Morgan fingerprint density at radius 1 is 1.15 bits per heavy atom. The molecule has 0 saturated heterocycles. The van der Waals surface area contributed by atoms with Gasteiger partial charge in [-0.15, -0.1) is 0 Å². The van der Waals surface area contributed by atoms with Crippen LogP contribution in [-0.4, -0.2) is 40.4 Å². The van der Waals surface area contributed by atoms with E-state index in [1.165, 1.54) is 0 Å². The van der Waals surface area contributed by atoms with Crippen LogP contribution < -0.4 is 24.8 Å². The van der Waals surface area contributed by atoms with E-state index in [2.05, 4.69) is 15.6 Å². The maximum absolute atomic E-state index is 5.33. The standard InChI is InChI=1S/C14H21N3O3/c1-18-11-7-10(8-12(19-2)13(11)20-3)9-17-14-15-5-4-6-16-14/h7-8H,4-6,9H2,1-3H3,(H2,15,16,17). The molecule has 0 atom stereocenters. The Morgan fingerprint density at radius 2 is 1.85 bits per heavy atom. The number of benzene rings is 1. The Balaban J connectivity index is 2.13. The molecular weight excluding hydrogens is 258 g/mol. The summed E-state index contributed by atoms with van der Waals surface area (Å²) in [5, 5.41) is 6.49. The van der Waals surface area contributed by atoms with Crippen LogP contribution in [0.1, 0.15) is 12.0 Å². The Labute approximate surface area is 119 Å². The highest BCUT2D eigenvalue weighted by atomic mass is 16.5. The van der Waals surface area contributed by atoms with E-state index in [-0.39, 0.29) is 0 Å². The fourth-order valence-corrected chi connectivity index (χ4v) is 2.07. The average molecular weight is 279 g/mol. The quantitative estimate of drug-likeness (QED) is 0.846. The number of aliphatic imine (C=N–C) groups is 1. The summed E-state index contributed by atoms with van der Waals surface area (Å²) in [5.74, 6) is 2.75. The number of hydrogen-bond acceptors (Lipinski definition) is 6. The molecule has 0 amide bonds. The number of methoxy groups -OCH3 is 3. The van der Waals surface area contributed by atoms with E-state index in [9.17, 15) is 0 Å². The molecule has 0 aliphatic carbocycles. The highest BCUT2D eigenvalue weighted by Gasteiger charge is 2.13. The second kappa shape index (κ2) is 6.88. The maximum Gasteiger partial charge on any atom is 0.203 e. The lowest BCUT2D eigenvalue weighted by atomic mass is 10.2. The van der Waals surface area contributed by atoms with Crippen molar-refractivity contribution in [3.05, 3.63) is 17.7 Å². The Hall–Kier alpha value is -2.11. The molecule has 1 heterocycles.